The van der Waals surface area contributed by atoms with E-state index in [0.29, 0.717) is 0 Å². The molecule has 3 aromatic rings. The summed E-state index contributed by atoms with van der Waals surface area (Å²) in [4.78, 5) is 16.9. The van der Waals surface area contributed by atoms with E-state index in [0.717, 1.165) is 61.3 Å². The highest BCUT2D eigenvalue weighted by atomic mass is 19.1. The minimum atomic E-state index is -0.726. The standard InChI is InChI=1S/C32H40FNO3/c1-3-5-7-9-10-12-22-36-27-17-15-26(16-18-27)31-21-19-28(24-34-31)37-32(35)29-20-14-25(23-30(29)33)13-11-8-6-4-2/h14-21,23-24H,3-13,22H2,1-2H3. The van der Waals surface area contributed by atoms with Gasteiger partial charge in [-0.25, -0.2) is 9.18 Å². The lowest BCUT2D eigenvalue weighted by Gasteiger charge is -2.09. The van der Waals surface area contributed by atoms with E-state index in [1.54, 1.807) is 18.2 Å². The second kappa shape index (κ2) is 15.8. The fraction of sp³-hybridized carbons (Fsp3) is 0.438. The molecule has 0 fully saturated rings. The first-order chi connectivity index (χ1) is 18.1. The van der Waals surface area contributed by atoms with Gasteiger partial charge in [0.05, 0.1) is 24.1 Å². The van der Waals surface area contributed by atoms with Crippen LogP contribution < -0.4 is 9.47 Å². The molecule has 0 spiro atoms. The number of carbonyl (C=O) groups is 1. The zero-order chi connectivity index (χ0) is 26.3. The van der Waals surface area contributed by atoms with Crippen molar-refractivity contribution in [3.63, 3.8) is 0 Å². The molecular formula is C32H40FNO3. The first-order valence-corrected chi connectivity index (χ1v) is 13.8. The zero-order valence-electron chi connectivity index (χ0n) is 22.3. The average molecular weight is 506 g/mol. The predicted molar refractivity (Wildman–Crippen MR) is 148 cm³/mol. The molecule has 3 rings (SSSR count). The minimum absolute atomic E-state index is 0.0714. The number of hydrogen-bond donors (Lipinski definition) is 0. The summed E-state index contributed by atoms with van der Waals surface area (Å²) in [6.45, 7) is 5.12. The van der Waals surface area contributed by atoms with Crippen LogP contribution in [0.2, 0.25) is 0 Å². The molecule has 0 bridgehead atoms. The van der Waals surface area contributed by atoms with E-state index in [4.69, 9.17) is 9.47 Å². The van der Waals surface area contributed by atoms with Gasteiger partial charge in [-0.3, -0.25) is 4.98 Å². The number of pyridine rings is 1. The number of aryl methyl sites for hydroxylation is 1. The first kappa shape index (κ1) is 28.4. The van der Waals surface area contributed by atoms with Gasteiger partial charge in [-0.1, -0.05) is 71.3 Å². The molecular weight excluding hydrogens is 465 g/mol. The van der Waals surface area contributed by atoms with Crippen LogP contribution in [0, 0.1) is 5.82 Å². The molecule has 0 amide bonds. The van der Waals surface area contributed by atoms with Crippen molar-refractivity contribution >= 4 is 5.97 Å². The van der Waals surface area contributed by atoms with Crippen molar-refractivity contribution in [3.8, 4) is 22.8 Å². The van der Waals surface area contributed by atoms with Crippen molar-refractivity contribution < 1.29 is 18.7 Å². The highest BCUT2D eigenvalue weighted by Crippen LogP contribution is 2.23. The summed E-state index contributed by atoms with van der Waals surface area (Å²) in [6.07, 6.45) is 14.2. The Labute approximate surface area is 221 Å². The maximum atomic E-state index is 14.5. The van der Waals surface area contributed by atoms with Crippen molar-refractivity contribution in [2.24, 2.45) is 0 Å². The maximum Gasteiger partial charge on any atom is 0.346 e. The first-order valence-electron chi connectivity index (χ1n) is 13.8. The van der Waals surface area contributed by atoms with Crippen LogP contribution >= 0.6 is 0 Å². The lowest BCUT2D eigenvalue weighted by molar-refractivity contribution is 0.0729. The van der Waals surface area contributed by atoms with E-state index < -0.39 is 11.8 Å². The van der Waals surface area contributed by atoms with Crippen molar-refractivity contribution in [1.29, 1.82) is 0 Å². The number of unbranched alkanes of at least 4 members (excludes halogenated alkanes) is 8. The number of aromatic nitrogens is 1. The van der Waals surface area contributed by atoms with Crippen LogP contribution in [-0.2, 0) is 6.42 Å². The molecule has 0 radical (unpaired) electrons. The highest BCUT2D eigenvalue weighted by Gasteiger charge is 2.15. The van der Waals surface area contributed by atoms with Crippen LogP contribution in [0.15, 0.2) is 60.8 Å². The number of esters is 1. The van der Waals surface area contributed by atoms with Crippen molar-refractivity contribution in [1.82, 2.24) is 4.98 Å². The summed E-state index contributed by atoms with van der Waals surface area (Å²) in [6, 6.07) is 16.0. The second-order valence-electron chi connectivity index (χ2n) is 9.53. The molecule has 0 aliphatic carbocycles. The molecule has 0 aliphatic heterocycles. The fourth-order valence-electron chi connectivity index (χ4n) is 4.20. The normalized spacial score (nSPS) is 10.9. The van der Waals surface area contributed by atoms with Crippen molar-refractivity contribution in [2.45, 2.75) is 84.5 Å². The zero-order valence-corrected chi connectivity index (χ0v) is 22.3. The Kier molecular flexibility index (Phi) is 12.1. The number of rotatable bonds is 16. The number of hydrogen-bond acceptors (Lipinski definition) is 4. The summed E-state index contributed by atoms with van der Waals surface area (Å²) >= 11 is 0. The lowest BCUT2D eigenvalue weighted by Crippen LogP contribution is -2.11. The van der Waals surface area contributed by atoms with Crippen LogP contribution in [0.5, 0.6) is 11.5 Å². The SMILES string of the molecule is CCCCCCCCOc1ccc(-c2ccc(OC(=O)c3ccc(CCCCCC)cc3F)cn2)cc1. The quantitative estimate of drug-likeness (QED) is 0.144. The third-order valence-corrected chi connectivity index (χ3v) is 6.44. The molecule has 1 aromatic heterocycles. The molecule has 0 aliphatic rings. The van der Waals surface area contributed by atoms with Crippen LogP contribution in [-0.4, -0.2) is 17.6 Å². The average Bonchev–Trinajstić information content (AvgIpc) is 2.91. The van der Waals surface area contributed by atoms with E-state index >= 15 is 0 Å². The van der Waals surface area contributed by atoms with E-state index in [9.17, 15) is 9.18 Å². The van der Waals surface area contributed by atoms with Gasteiger partial charge >= 0.3 is 5.97 Å². The smallest absolute Gasteiger partial charge is 0.346 e. The fourth-order valence-corrected chi connectivity index (χ4v) is 4.20. The van der Waals surface area contributed by atoms with Gasteiger partial charge in [-0.15, -0.1) is 0 Å². The molecule has 2 aromatic carbocycles. The van der Waals surface area contributed by atoms with Crippen molar-refractivity contribution in [2.75, 3.05) is 6.61 Å². The maximum absolute atomic E-state index is 14.5. The van der Waals surface area contributed by atoms with Gasteiger partial charge in [0.1, 0.15) is 17.3 Å². The summed E-state index contributed by atoms with van der Waals surface area (Å²) in [5, 5.41) is 0. The third-order valence-electron chi connectivity index (χ3n) is 6.44. The molecule has 0 unspecified atom stereocenters. The van der Waals surface area contributed by atoms with Crippen LogP contribution in [0.4, 0.5) is 4.39 Å². The van der Waals surface area contributed by atoms with E-state index in [1.165, 1.54) is 56.9 Å². The molecule has 0 saturated carbocycles. The van der Waals surface area contributed by atoms with Gasteiger partial charge in [-0.05, 0) is 73.4 Å². The Bertz CT molecular complexity index is 1080. The van der Waals surface area contributed by atoms with Gasteiger partial charge in [0.15, 0.2) is 0 Å². The Morgan fingerprint density at radius 1 is 0.784 bits per heavy atom. The Balaban J connectivity index is 1.48. The van der Waals surface area contributed by atoms with Crippen molar-refractivity contribution in [3.05, 3.63) is 77.7 Å². The number of ether oxygens (including phenoxy) is 2. The van der Waals surface area contributed by atoms with Crippen LogP contribution in [0.3, 0.4) is 0 Å². The molecule has 5 heteroatoms. The Morgan fingerprint density at radius 2 is 1.46 bits per heavy atom. The summed E-state index contributed by atoms with van der Waals surface area (Å²) < 4.78 is 25.7. The summed E-state index contributed by atoms with van der Waals surface area (Å²) in [5.74, 6) is -0.162. The minimum Gasteiger partial charge on any atom is -0.494 e. The van der Waals surface area contributed by atoms with Crippen LogP contribution in [0.1, 0.15) is 94.0 Å². The molecule has 1 heterocycles. The molecule has 0 atom stereocenters. The van der Waals surface area contributed by atoms with E-state index in [2.05, 4.69) is 18.8 Å². The molecule has 4 nitrogen and oxygen atoms in total. The summed E-state index contributed by atoms with van der Waals surface area (Å²) in [7, 11) is 0. The number of benzene rings is 2. The van der Waals surface area contributed by atoms with Gasteiger partial charge in [0, 0.05) is 5.56 Å². The van der Waals surface area contributed by atoms with Gasteiger partial charge < -0.3 is 9.47 Å². The molecule has 0 N–H and O–H groups in total. The lowest BCUT2D eigenvalue weighted by atomic mass is 10.0. The van der Waals surface area contributed by atoms with E-state index in [-0.39, 0.29) is 11.3 Å². The molecule has 0 saturated heterocycles. The number of carbonyl (C=O) groups excluding carboxylic acids is 1. The Hall–Kier alpha value is -3.21. The van der Waals surface area contributed by atoms with E-state index in [1.807, 2.05) is 24.3 Å². The largest absolute Gasteiger partial charge is 0.494 e. The van der Waals surface area contributed by atoms with Gasteiger partial charge in [0.2, 0.25) is 0 Å². The number of halogens is 1. The highest BCUT2D eigenvalue weighted by molar-refractivity contribution is 5.91. The monoisotopic (exact) mass is 505 g/mol. The predicted octanol–water partition coefficient (Wildman–Crippen LogP) is 8.97. The number of nitrogens with zero attached hydrogens (tertiary/aromatic N) is 1. The Morgan fingerprint density at radius 3 is 2.14 bits per heavy atom. The second-order valence-corrected chi connectivity index (χ2v) is 9.53. The third kappa shape index (κ3) is 9.64. The van der Waals surface area contributed by atoms with Crippen LogP contribution in [0.25, 0.3) is 11.3 Å². The molecule has 198 valence electrons. The van der Waals surface area contributed by atoms with Gasteiger partial charge in [0.25, 0.3) is 0 Å². The topological polar surface area (TPSA) is 48.4 Å². The summed E-state index contributed by atoms with van der Waals surface area (Å²) in [5.41, 5.74) is 2.51. The van der Waals surface area contributed by atoms with Gasteiger partial charge in [-0.2, -0.15) is 0 Å². The molecule has 37 heavy (non-hydrogen) atoms.